The Balaban J connectivity index is 2.13. The van der Waals surface area contributed by atoms with Crippen molar-refractivity contribution in [1.82, 2.24) is 5.43 Å². The van der Waals surface area contributed by atoms with Gasteiger partial charge in [-0.05, 0) is 35.9 Å². The van der Waals surface area contributed by atoms with Gasteiger partial charge in [0.25, 0.3) is 5.91 Å². The summed E-state index contributed by atoms with van der Waals surface area (Å²) in [6.45, 7) is -1.19. The fourth-order valence-electron chi connectivity index (χ4n) is 2.49. The van der Waals surface area contributed by atoms with Crippen molar-refractivity contribution in [2.75, 3.05) is 30.8 Å². The van der Waals surface area contributed by atoms with E-state index in [0.29, 0.717) is 27.8 Å². The number of esters is 1. The van der Waals surface area contributed by atoms with Gasteiger partial charge < -0.3 is 9.47 Å². The molecule has 0 fully saturated rings. The second kappa shape index (κ2) is 11.2. The standard InChI is InChI=1S/C20H19ClF3N3O6S/c1-32-19(29)12-33-15-5-3-4-13(8-15)10-25-26-18(28)11-27(34(2,30)31)17-9-14(20(22,23)24)6-7-16(17)21/h3-10H,11-12H2,1-2H3,(H,26,28)/b25-10-. The number of rotatable bonds is 9. The van der Waals surface area contributed by atoms with Crippen LogP contribution in [-0.2, 0) is 30.5 Å². The normalized spacial score (nSPS) is 11.8. The van der Waals surface area contributed by atoms with Crippen LogP contribution in [0.25, 0.3) is 0 Å². The molecule has 0 aliphatic rings. The zero-order valence-corrected chi connectivity index (χ0v) is 19.4. The van der Waals surface area contributed by atoms with E-state index in [1.165, 1.54) is 19.4 Å². The maximum atomic E-state index is 13.0. The summed E-state index contributed by atoms with van der Waals surface area (Å²) in [5.41, 5.74) is 0.915. The summed E-state index contributed by atoms with van der Waals surface area (Å²) >= 11 is 5.91. The van der Waals surface area contributed by atoms with Gasteiger partial charge in [0, 0.05) is 0 Å². The molecule has 2 aromatic rings. The number of hydrogen-bond acceptors (Lipinski definition) is 7. The van der Waals surface area contributed by atoms with Crippen molar-refractivity contribution in [3.63, 3.8) is 0 Å². The van der Waals surface area contributed by atoms with Gasteiger partial charge in [-0.1, -0.05) is 23.7 Å². The molecular weight excluding hydrogens is 503 g/mol. The predicted octanol–water partition coefficient (Wildman–Crippen LogP) is 2.83. The summed E-state index contributed by atoms with van der Waals surface area (Å²) in [5, 5.41) is 3.40. The molecule has 0 aromatic heterocycles. The maximum Gasteiger partial charge on any atom is 0.416 e. The highest BCUT2D eigenvalue weighted by Crippen LogP contribution is 2.36. The Labute approximate surface area is 198 Å². The van der Waals surface area contributed by atoms with E-state index in [1.54, 1.807) is 18.2 Å². The molecule has 0 aliphatic heterocycles. The van der Waals surface area contributed by atoms with Crippen LogP contribution >= 0.6 is 11.6 Å². The van der Waals surface area contributed by atoms with E-state index >= 15 is 0 Å². The van der Waals surface area contributed by atoms with Crippen LogP contribution in [0.3, 0.4) is 0 Å². The van der Waals surface area contributed by atoms with Crippen LogP contribution in [0.4, 0.5) is 18.9 Å². The molecular formula is C20H19ClF3N3O6S. The fourth-order valence-corrected chi connectivity index (χ4v) is 3.62. The van der Waals surface area contributed by atoms with Crippen molar-refractivity contribution < 1.29 is 40.7 Å². The summed E-state index contributed by atoms with van der Waals surface area (Å²) in [5.74, 6) is -1.20. The summed E-state index contributed by atoms with van der Waals surface area (Å²) in [4.78, 5) is 23.4. The van der Waals surface area contributed by atoms with E-state index < -0.39 is 45.9 Å². The van der Waals surface area contributed by atoms with Gasteiger partial charge in [-0.15, -0.1) is 0 Å². The van der Waals surface area contributed by atoms with E-state index in [2.05, 4.69) is 15.3 Å². The molecule has 0 unspecified atom stereocenters. The molecule has 0 heterocycles. The lowest BCUT2D eigenvalue weighted by molar-refractivity contribution is -0.143. The maximum absolute atomic E-state index is 13.0. The van der Waals surface area contributed by atoms with Gasteiger partial charge in [0.05, 0.1) is 35.9 Å². The lowest BCUT2D eigenvalue weighted by Gasteiger charge is -2.23. The Morgan fingerprint density at radius 1 is 1.21 bits per heavy atom. The molecule has 2 rings (SSSR count). The van der Waals surface area contributed by atoms with Crippen LogP contribution in [0.2, 0.25) is 5.02 Å². The number of carbonyl (C=O) groups is 2. The zero-order valence-electron chi connectivity index (χ0n) is 17.8. The summed E-state index contributed by atoms with van der Waals surface area (Å²) in [6, 6.07) is 8.40. The van der Waals surface area contributed by atoms with Crippen molar-refractivity contribution in [2.45, 2.75) is 6.18 Å². The first-order chi connectivity index (χ1) is 15.8. The van der Waals surface area contributed by atoms with E-state index in [0.717, 1.165) is 12.3 Å². The molecule has 1 N–H and O–H groups in total. The molecule has 34 heavy (non-hydrogen) atoms. The second-order valence-corrected chi connectivity index (χ2v) is 8.98. The van der Waals surface area contributed by atoms with Gasteiger partial charge in [0.2, 0.25) is 10.0 Å². The number of hydrazone groups is 1. The van der Waals surface area contributed by atoms with E-state index in [4.69, 9.17) is 16.3 Å². The van der Waals surface area contributed by atoms with Crippen molar-refractivity contribution in [1.29, 1.82) is 0 Å². The average Bonchev–Trinajstić information content (AvgIpc) is 2.75. The van der Waals surface area contributed by atoms with Crippen molar-refractivity contribution in [3.8, 4) is 5.75 Å². The third-order valence-corrected chi connectivity index (χ3v) is 5.52. The smallest absolute Gasteiger partial charge is 0.416 e. The van der Waals surface area contributed by atoms with Crippen LogP contribution in [0, 0.1) is 0 Å². The van der Waals surface area contributed by atoms with Crippen LogP contribution in [0.1, 0.15) is 11.1 Å². The van der Waals surface area contributed by atoms with E-state index in [-0.39, 0.29) is 11.6 Å². The summed E-state index contributed by atoms with van der Waals surface area (Å²) < 4.78 is 73.6. The van der Waals surface area contributed by atoms with Gasteiger partial charge in [-0.25, -0.2) is 18.6 Å². The van der Waals surface area contributed by atoms with E-state index in [1.807, 2.05) is 0 Å². The van der Waals surface area contributed by atoms with Crippen LogP contribution in [-0.4, -0.2) is 53.0 Å². The number of nitrogens with zero attached hydrogens (tertiary/aromatic N) is 2. The van der Waals surface area contributed by atoms with Crippen LogP contribution in [0.15, 0.2) is 47.6 Å². The highest BCUT2D eigenvalue weighted by molar-refractivity contribution is 7.92. The Hall–Kier alpha value is -3.32. The number of ether oxygens (including phenoxy) is 2. The van der Waals surface area contributed by atoms with E-state index in [9.17, 15) is 31.2 Å². The van der Waals surface area contributed by atoms with Crippen LogP contribution < -0.4 is 14.5 Å². The molecule has 9 nitrogen and oxygen atoms in total. The molecule has 0 aliphatic carbocycles. The first-order valence-electron chi connectivity index (χ1n) is 9.27. The van der Waals surface area contributed by atoms with Gasteiger partial charge in [-0.2, -0.15) is 18.3 Å². The average molecular weight is 522 g/mol. The topological polar surface area (TPSA) is 114 Å². The van der Waals surface area contributed by atoms with Gasteiger partial charge in [-0.3, -0.25) is 9.10 Å². The molecule has 184 valence electrons. The molecule has 0 radical (unpaired) electrons. The molecule has 0 atom stereocenters. The summed E-state index contributed by atoms with van der Waals surface area (Å²) in [7, 11) is -2.97. The Morgan fingerprint density at radius 3 is 2.53 bits per heavy atom. The van der Waals surface area contributed by atoms with Gasteiger partial charge >= 0.3 is 12.1 Å². The van der Waals surface area contributed by atoms with Gasteiger partial charge in [0.1, 0.15) is 12.3 Å². The zero-order chi connectivity index (χ0) is 25.5. The first kappa shape index (κ1) is 26.9. The Bertz CT molecular complexity index is 1190. The van der Waals surface area contributed by atoms with Crippen LogP contribution in [0.5, 0.6) is 5.75 Å². The second-order valence-electron chi connectivity index (χ2n) is 6.66. The molecule has 2 aromatic carbocycles. The third kappa shape index (κ3) is 7.92. The molecule has 0 spiro atoms. The molecule has 0 saturated heterocycles. The number of carbonyl (C=O) groups excluding carboxylic acids is 2. The highest BCUT2D eigenvalue weighted by Gasteiger charge is 2.33. The molecule has 0 saturated carbocycles. The summed E-state index contributed by atoms with van der Waals surface area (Å²) in [6.07, 6.45) is -2.81. The minimum absolute atomic E-state index is 0.293. The number of sulfonamides is 1. The Kier molecular flexibility index (Phi) is 8.87. The number of halogens is 4. The lowest BCUT2D eigenvalue weighted by Crippen LogP contribution is -2.39. The quantitative estimate of drug-likeness (QED) is 0.308. The molecule has 1 amide bonds. The number of benzene rings is 2. The molecule has 0 bridgehead atoms. The largest absolute Gasteiger partial charge is 0.482 e. The minimum Gasteiger partial charge on any atom is -0.482 e. The SMILES string of the molecule is COC(=O)COc1cccc(/C=N\NC(=O)CN(c2cc(C(F)(F)F)ccc2Cl)S(C)(=O)=O)c1. The lowest BCUT2D eigenvalue weighted by atomic mass is 10.2. The number of anilines is 1. The number of alkyl halides is 3. The monoisotopic (exact) mass is 521 g/mol. The number of amides is 1. The predicted molar refractivity (Wildman–Crippen MR) is 118 cm³/mol. The first-order valence-corrected chi connectivity index (χ1v) is 11.5. The highest BCUT2D eigenvalue weighted by atomic mass is 35.5. The number of methoxy groups -OCH3 is 1. The fraction of sp³-hybridized carbons (Fsp3) is 0.250. The third-order valence-electron chi connectivity index (χ3n) is 4.08. The number of nitrogens with one attached hydrogen (secondary N) is 1. The van der Waals surface area contributed by atoms with Crippen molar-refractivity contribution in [3.05, 3.63) is 58.6 Å². The number of hydrogen-bond donors (Lipinski definition) is 1. The van der Waals surface area contributed by atoms with Gasteiger partial charge in [0.15, 0.2) is 6.61 Å². The van der Waals surface area contributed by atoms with Crippen molar-refractivity contribution in [2.24, 2.45) is 5.10 Å². The Morgan fingerprint density at radius 2 is 1.91 bits per heavy atom. The molecule has 14 heteroatoms. The minimum atomic E-state index is -4.75. The van der Waals surface area contributed by atoms with Crippen molar-refractivity contribution >= 4 is 45.4 Å².